The largest absolute Gasteiger partial charge is 0.480 e. The minimum absolute atomic E-state index is 0.176. The van der Waals surface area contributed by atoms with Gasteiger partial charge < -0.3 is 15.0 Å². The number of amides is 1. The Hall–Kier alpha value is -2.27. The number of fused-ring (bicyclic) bond motifs is 1. The smallest absolute Gasteiger partial charge is 0.261 e. The summed E-state index contributed by atoms with van der Waals surface area (Å²) in [7, 11) is 0. The Labute approximate surface area is 138 Å². The van der Waals surface area contributed by atoms with Crippen molar-refractivity contribution in [2.45, 2.75) is 32.9 Å². The highest BCUT2D eigenvalue weighted by atomic mass is 35.5. The summed E-state index contributed by atoms with van der Waals surface area (Å²) in [6.45, 7) is 3.86. The molecule has 2 heterocycles. The molecule has 120 valence electrons. The number of nitrogens with one attached hydrogen (secondary N) is 2. The fraction of sp³-hybridized carbons (Fsp3) is 0.294. The van der Waals surface area contributed by atoms with Gasteiger partial charge in [0.2, 0.25) is 0 Å². The van der Waals surface area contributed by atoms with Gasteiger partial charge in [0, 0.05) is 29.2 Å². The average Bonchev–Trinajstić information content (AvgIpc) is 2.88. The van der Waals surface area contributed by atoms with Gasteiger partial charge in [0.15, 0.2) is 6.10 Å². The van der Waals surface area contributed by atoms with Gasteiger partial charge in [-0.1, -0.05) is 11.6 Å². The van der Waals surface area contributed by atoms with Crippen LogP contribution in [0, 0.1) is 13.8 Å². The van der Waals surface area contributed by atoms with E-state index in [1.165, 1.54) is 0 Å². The Bertz CT molecular complexity index is 829. The third kappa shape index (κ3) is 3.24. The number of rotatable bonds is 3. The third-order valence-electron chi connectivity index (χ3n) is 3.92. The number of carbonyl (C=O) groups excluding carboxylic acids is 1. The first-order valence-electron chi connectivity index (χ1n) is 7.36. The molecule has 1 atom stereocenters. The molecule has 1 aliphatic rings. The van der Waals surface area contributed by atoms with Gasteiger partial charge in [0.25, 0.3) is 11.5 Å². The summed E-state index contributed by atoms with van der Waals surface area (Å²) in [4.78, 5) is 27.0. The van der Waals surface area contributed by atoms with Crippen molar-refractivity contribution in [1.29, 1.82) is 0 Å². The van der Waals surface area contributed by atoms with Crippen LogP contribution in [0.5, 0.6) is 5.75 Å². The Morgan fingerprint density at radius 2 is 2.17 bits per heavy atom. The molecule has 23 heavy (non-hydrogen) atoms. The minimum atomic E-state index is -0.590. The van der Waals surface area contributed by atoms with E-state index < -0.39 is 6.10 Å². The van der Waals surface area contributed by atoms with Crippen molar-refractivity contribution in [2.24, 2.45) is 0 Å². The van der Waals surface area contributed by atoms with Gasteiger partial charge in [0.1, 0.15) is 5.75 Å². The van der Waals surface area contributed by atoms with Gasteiger partial charge in [-0.2, -0.15) is 0 Å². The third-order valence-corrected chi connectivity index (χ3v) is 4.16. The van der Waals surface area contributed by atoms with Crippen molar-refractivity contribution in [1.82, 2.24) is 10.3 Å². The summed E-state index contributed by atoms with van der Waals surface area (Å²) in [5, 5.41) is 3.40. The van der Waals surface area contributed by atoms with E-state index in [1.807, 2.05) is 19.9 Å². The first-order chi connectivity index (χ1) is 10.9. The van der Waals surface area contributed by atoms with Gasteiger partial charge in [0.05, 0.1) is 0 Å². The number of halogens is 1. The average molecular weight is 333 g/mol. The normalized spacial score (nSPS) is 15.9. The van der Waals surface area contributed by atoms with Crippen LogP contribution in [0.1, 0.15) is 22.4 Å². The van der Waals surface area contributed by atoms with Crippen LogP contribution < -0.4 is 15.6 Å². The first-order valence-corrected chi connectivity index (χ1v) is 7.74. The molecule has 0 unspecified atom stereocenters. The maximum absolute atomic E-state index is 12.3. The number of H-pyrrole nitrogens is 1. The number of hydrogen-bond acceptors (Lipinski definition) is 3. The molecule has 0 saturated carbocycles. The van der Waals surface area contributed by atoms with Crippen molar-refractivity contribution >= 4 is 17.5 Å². The van der Waals surface area contributed by atoms with E-state index in [9.17, 15) is 9.59 Å². The molecule has 3 rings (SSSR count). The molecule has 6 heteroatoms. The Morgan fingerprint density at radius 1 is 1.39 bits per heavy atom. The first kappa shape index (κ1) is 15.6. The van der Waals surface area contributed by atoms with Crippen LogP contribution in [0.4, 0.5) is 0 Å². The monoisotopic (exact) mass is 332 g/mol. The number of pyridine rings is 1. The lowest BCUT2D eigenvalue weighted by Gasteiger charge is -2.12. The zero-order valence-corrected chi connectivity index (χ0v) is 13.7. The summed E-state index contributed by atoms with van der Waals surface area (Å²) in [6, 6.07) is 7.18. The maximum atomic E-state index is 12.3. The van der Waals surface area contributed by atoms with E-state index >= 15 is 0 Å². The van der Waals surface area contributed by atoms with Crippen LogP contribution in [-0.2, 0) is 17.8 Å². The van der Waals surface area contributed by atoms with Gasteiger partial charge in [-0.05, 0) is 49.2 Å². The molecule has 0 bridgehead atoms. The predicted molar refractivity (Wildman–Crippen MR) is 88.0 cm³/mol. The number of aryl methyl sites for hydroxylation is 2. The van der Waals surface area contributed by atoms with Crippen molar-refractivity contribution in [3.8, 4) is 5.75 Å². The standard InChI is InChI=1S/C17H17ClN2O3/c1-9-5-10(2)20-16(21)13(9)8-19-17(22)15-7-11-6-12(18)3-4-14(11)23-15/h3-6,15H,7-8H2,1-2H3,(H,19,22)(H,20,21)/t15-/m1/s1. The van der Waals surface area contributed by atoms with Gasteiger partial charge in [-0.15, -0.1) is 0 Å². The molecular formula is C17H17ClN2O3. The van der Waals surface area contributed by atoms with E-state index in [0.29, 0.717) is 22.8 Å². The number of aromatic amines is 1. The maximum Gasteiger partial charge on any atom is 0.261 e. The van der Waals surface area contributed by atoms with Crippen molar-refractivity contribution in [3.05, 3.63) is 62.0 Å². The number of carbonyl (C=O) groups is 1. The second kappa shape index (κ2) is 6.08. The summed E-state index contributed by atoms with van der Waals surface area (Å²) in [6.07, 6.45) is -0.112. The molecule has 0 saturated heterocycles. The summed E-state index contributed by atoms with van der Waals surface area (Å²) < 4.78 is 5.64. The molecule has 1 aromatic heterocycles. The zero-order valence-electron chi connectivity index (χ0n) is 12.9. The van der Waals surface area contributed by atoms with Crippen LogP contribution in [-0.4, -0.2) is 17.0 Å². The lowest BCUT2D eigenvalue weighted by molar-refractivity contribution is -0.127. The lowest BCUT2D eigenvalue weighted by atomic mass is 10.1. The zero-order chi connectivity index (χ0) is 16.6. The SMILES string of the molecule is Cc1cc(C)c(CNC(=O)[C@H]2Cc3cc(Cl)ccc3O2)c(=O)[nH]1. The molecule has 1 aliphatic heterocycles. The van der Waals surface area contributed by atoms with E-state index in [0.717, 1.165) is 16.8 Å². The lowest BCUT2D eigenvalue weighted by Crippen LogP contribution is -2.38. The molecule has 0 fully saturated rings. The molecule has 1 amide bonds. The van der Waals surface area contributed by atoms with E-state index in [-0.39, 0.29) is 18.0 Å². The Balaban J connectivity index is 1.67. The molecule has 1 aromatic carbocycles. The van der Waals surface area contributed by atoms with Gasteiger partial charge in [-0.25, -0.2) is 0 Å². The van der Waals surface area contributed by atoms with Gasteiger partial charge in [-0.3, -0.25) is 9.59 Å². The second-order valence-electron chi connectivity index (χ2n) is 5.72. The molecule has 2 N–H and O–H groups in total. The van der Waals surface area contributed by atoms with Crippen LogP contribution in [0.3, 0.4) is 0 Å². The van der Waals surface area contributed by atoms with Crippen LogP contribution in [0.2, 0.25) is 5.02 Å². The van der Waals surface area contributed by atoms with E-state index in [4.69, 9.17) is 16.3 Å². The highest BCUT2D eigenvalue weighted by Crippen LogP contribution is 2.31. The molecule has 0 aliphatic carbocycles. The molecule has 0 spiro atoms. The summed E-state index contributed by atoms with van der Waals surface area (Å²) >= 11 is 5.95. The Morgan fingerprint density at radius 3 is 2.91 bits per heavy atom. The van der Waals surface area contributed by atoms with Crippen LogP contribution in [0.25, 0.3) is 0 Å². The number of hydrogen-bond donors (Lipinski definition) is 2. The second-order valence-corrected chi connectivity index (χ2v) is 6.16. The number of aromatic nitrogens is 1. The summed E-state index contributed by atoms with van der Waals surface area (Å²) in [5.74, 6) is 0.440. The van der Waals surface area contributed by atoms with Crippen molar-refractivity contribution in [3.63, 3.8) is 0 Å². The topological polar surface area (TPSA) is 71.2 Å². The number of ether oxygens (including phenoxy) is 1. The fourth-order valence-electron chi connectivity index (χ4n) is 2.75. The van der Waals surface area contributed by atoms with Crippen LogP contribution in [0.15, 0.2) is 29.1 Å². The van der Waals surface area contributed by atoms with Crippen LogP contribution >= 0.6 is 11.6 Å². The predicted octanol–water partition coefficient (Wildman–Crippen LogP) is 2.27. The fourth-order valence-corrected chi connectivity index (χ4v) is 2.95. The summed E-state index contributed by atoms with van der Waals surface area (Å²) in [5.41, 5.74) is 2.96. The Kier molecular flexibility index (Phi) is 4.13. The van der Waals surface area contributed by atoms with Gasteiger partial charge >= 0.3 is 0 Å². The molecule has 5 nitrogen and oxygen atoms in total. The number of benzene rings is 1. The van der Waals surface area contributed by atoms with E-state index in [1.54, 1.807) is 18.2 Å². The van der Waals surface area contributed by atoms with Crippen molar-refractivity contribution < 1.29 is 9.53 Å². The molecule has 0 radical (unpaired) electrons. The minimum Gasteiger partial charge on any atom is -0.480 e. The highest BCUT2D eigenvalue weighted by Gasteiger charge is 2.29. The molecule has 2 aromatic rings. The van der Waals surface area contributed by atoms with Crippen molar-refractivity contribution in [2.75, 3.05) is 0 Å². The molecular weight excluding hydrogens is 316 g/mol. The highest BCUT2D eigenvalue weighted by molar-refractivity contribution is 6.30. The van der Waals surface area contributed by atoms with E-state index in [2.05, 4.69) is 10.3 Å². The quantitative estimate of drug-likeness (QED) is 0.905.